The number of piperazine rings is 1. The van der Waals surface area contributed by atoms with Gasteiger partial charge >= 0.3 is 0 Å². The predicted octanol–water partition coefficient (Wildman–Crippen LogP) is 3.90. The van der Waals surface area contributed by atoms with Gasteiger partial charge in [-0.05, 0) is 42.6 Å². The van der Waals surface area contributed by atoms with Gasteiger partial charge in [0.15, 0.2) is 0 Å². The van der Waals surface area contributed by atoms with E-state index in [1.54, 1.807) is 0 Å². The topological polar surface area (TPSA) is 26.8 Å². The zero-order valence-corrected chi connectivity index (χ0v) is 17.7. The molecule has 29 heavy (non-hydrogen) atoms. The van der Waals surface area contributed by atoms with Gasteiger partial charge < -0.3 is 4.90 Å². The fourth-order valence-corrected chi connectivity index (χ4v) is 4.60. The molecule has 0 unspecified atom stereocenters. The Labute approximate surface area is 179 Å². The highest BCUT2D eigenvalue weighted by atomic mass is 35.5. The summed E-state index contributed by atoms with van der Waals surface area (Å²) in [5, 5.41) is 0.770. The SMILES string of the molecule is O=C([C@H]1CCCN(Cc2ccc(Cl)cc2)C1)N1CCN(Cc2ccccc2)CC1. The van der Waals surface area contributed by atoms with Gasteiger partial charge in [-0.15, -0.1) is 0 Å². The van der Waals surface area contributed by atoms with E-state index >= 15 is 0 Å². The van der Waals surface area contributed by atoms with Crippen molar-refractivity contribution in [3.05, 3.63) is 70.7 Å². The first-order valence-corrected chi connectivity index (χ1v) is 11.1. The summed E-state index contributed by atoms with van der Waals surface area (Å²) in [4.78, 5) is 20.1. The third-order valence-corrected chi connectivity index (χ3v) is 6.36. The first-order chi connectivity index (χ1) is 14.2. The van der Waals surface area contributed by atoms with Crippen molar-refractivity contribution in [3.8, 4) is 0 Å². The number of halogens is 1. The van der Waals surface area contributed by atoms with Crippen LogP contribution in [0.2, 0.25) is 5.02 Å². The van der Waals surface area contributed by atoms with Gasteiger partial charge in [-0.3, -0.25) is 14.6 Å². The molecule has 5 heteroatoms. The van der Waals surface area contributed by atoms with Crippen LogP contribution in [-0.2, 0) is 17.9 Å². The lowest BCUT2D eigenvalue weighted by atomic mass is 9.95. The van der Waals surface area contributed by atoms with E-state index in [9.17, 15) is 4.79 Å². The highest BCUT2D eigenvalue weighted by Gasteiger charge is 2.31. The van der Waals surface area contributed by atoms with Gasteiger partial charge in [0, 0.05) is 50.8 Å². The van der Waals surface area contributed by atoms with Crippen molar-refractivity contribution in [2.24, 2.45) is 5.92 Å². The normalized spacial score (nSPS) is 21.3. The van der Waals surface area contributed by atoms with Crippen molar-refractivity contribution < 1.29 is 4.79 Å². The van der Waals surface area contributed by atoms with E-state index in [1.807, 2.05) is 12.1 Å². The van der Waals surface area contributed by atoms with E-state index in [2.05, 4.69) is 57.2 Å². The minimum Gasteiger partial charge on any atom is -0.340 e. The van der Waals surface area contributed by atoms with Crippen LogP contribution in [0.4, 0.5) is 0 Å². The zero-order chi connectivity index (χ0) is 20.1. The standard InChI is InChI=1S/C24H30ClN3O/c25-23-10-8-21(9-11-23)18-27-12-4-7-22(19-27)24(29)28-15-13-26(14-16-28)17-20-5-2-1-3-6-20/h1-3,5-6,8-11,22H,4,7,12-19H2/t22-/m0/s1. The molecule has 0 saturated carbocycles. The molecular weight excluding hydrogens is 382 g/mol. The van der Waals surface area contributed by atoms with Crippen LogP contribution in [-0.4, -0.2) is 59.9 Å². The minimum absolute atomic E-state index is 0.136. The van der Waals surface area contributed by atoms with Crippen molar-refractivity contribution in [3.63, 3.8) is 0 Å². The van der Waals surface area contributed by atoms with Crippen LogP contribution in [0.25, 0.3) is 0 Å². The lowest BCUT2D eigenvalue weighted by molar-refractivity contribution is -0.139. The van der Waals surface area contributed by atoms with Crippen LogP contribution in [0, 0.1) is 5.92 Å². The molecule has 2 aliphatic rings. The Balaban J connectivity index is 1.26. The van der Waals surface area contributed by atoms with Gasteiger partial charge in [-0.25, -0.2) is 0 Å². The molecule has 0 N–H and O–H groups in total. The lowest BCUT2D eigenvalue weighted by Gasteiger charge is -2.39. The summed E-state index contributed by atoms with van der Waals surface area (Å²) in [5.41, 5.74) is 2.61. The Morgan fingerprint density at radius 2 is 1.48 bits per heavy atom. The van der Waals surface area contributed by atoms with Crippen molar-refractivity contribution in [2.45, 2.75) is 25.9 Å². The molecule has 2 aromatic rings. The molecule has 154 valence electrons. The Bertz CT molecular complexity index is 788. The van der Waals surface area contributed by atoms with E-state index < -0.39 is 0 Å². The van der Waals surface area contributed by atoms with E-state index in [0.29, 0.717) is 5.91 Å². The van der Waals surface area contributed by atoms with Crippen LogP contribution in [0.1, 0.15) is 24.0 Å². The summed E-state index contributed by atoms with van der Waals surface area (Å²) in [6, 6.07) is 18.6. The van der Waals surface area contributed by atoms with E-state index in [1.165, 1.54) is 11.1 Å². The van der Waals surface area contributed by atoms with E-state index in [4.69, 9.17) is 11.6 Å². The highest BCUT2D eigenvalue weighted by molar-refractivity contribution is 6.30. The average Bonchev–Trinajstić information content (AvgIpc) is 2.76. The average molecular weight is 412 g/mol. The van der Waals surface area contributed by atoms with Gasteiger partial charge in [0.05, 0.1) is 5.92 Å². The third-order valence-electron chi connectivity index (χ3n) is 6.11. The fourth-order valence-electron chi connectivity index (χ4n) is 4.47. The molecule has 1 atom stereocenters. The first kappa shape index (κ1) is 20.4. The summed E-state index contributed by atoms with van der Waals surface area (Å²) in [6.45, 7) is 7.41. The van der Waals surface area contributed by atoms with Crippen molar-refractivity contribution in [1.82, 2.24) is 14.7 Å². The second-order valence-corrected chi connectivity index (χ2v) is 8.72. The van der Waals surface area contributed by atoms with Crippen molar-refractivity contribution >= 4 is 17.5 Å². The van der Waals surface area contributed by atoms with Gasteiger partial charge in [-0.2, -0.15) is 0 Å². The van der Waals surface area contributed by atoms with Crippen molar-refractivity contribution in [1.29, 1.82) is 0 Å². The Morgan fingerprint density at radius 3 is 2.21 bits per heavy atom. The monoisotopic (exact) mass is 411 g/mol. The van der Waals surface area contributed by atoms with Gasteiger partial charge in [0.2, 0.25) is 5.91 Å². The summed E-state index contributed by atoms with van der Waals surface area (Å²) < 4.78 is 0. The van der Waals surface area contributed by atoms with Gasteiger partial charge in [0.1, 0.15) is 0 Å². The minimum atomic E-state index is 0.136. The molecule has 2 aromatic carbocycles. The molecule has 2 aliphatic heterocycles. The number of hydrogen-bond donors (Lipinski definition) is 0. The van der Waals surface area contributed by atoms with E-state index in [-0.39, 0.29) is 5.92 Å². The van der Waals surface area contributed by atoms with Crippen LogP contribution in [0.3, 0.4) is 0 Å². The first-order valence-electron chi connectivity index (χ1n) is 10.7. The second kappa shape index (κ2) is 9.75. The number of nitrogens with zero attached hydrogens (tertiary/aromatic N) is 3. The maximum Gasteiger partial charge on any atom is 0.227 e. The number of rotatable bonds is 5. The number of amides is 1. The maximum absolute atomic E-state index is 13.1. The number of benzene rings is 2. The quantitative estimate of drug-likeness (QED) is 0.746. The zero-order valence-electron chi connectivity index (χ0n) is 17.0. The van der Waals surface area contributed by atoms with Crippen LogP contribution in [0.5, 0.6) is 0 Å². The molecule has 0 spiro atoms. The Kier molecular flexibility index (Phi) is 6.86. The molecule has 0 radical (unpaired) electrons. The Hall–Kier alpha value is -1.88. The number of carbonyl (C=O) groups is 1. The fraction of sp³-hybridized carbons (Fsp3) is 0.458. The van der Waals surface area contributed by atoms with Gasteiger partial charge in [-0.1, -0.05) is 54.1 Å². The molecule has 4 nitrogen and oxygen atoms in total. The molecule has 2 fully saturated rings. The molecule has 2 heterocycles. The summed E-state index contributed by atoms with van der Waals surface area (Å²) in [7, 11) is 0. The molecule has 4 rings (SSSR count). The number of hydrogen-bond acceptors (Lipinski definition) is 3. The molecule has 0 bridgehead atoms. The number of carbonyl (C=O) groups excluding carboxylic acids is 1. The van der Waals surface area contributed by atoms with Gasteiger partial charge in [0.25, 0.3) is 0 Å². The summed E-state index contributed by atoms with van der Waals surface area (Å²) in [6.07, 6.45) is 2.11. The maximum atomic E-state index is 13.1. The third kappa shape index (κ3) is 5.59. The molecular formula is C24H30ClN3O. The van der Waals surface area contributed by atoms with Crippen LogP contribution in [0.15, 0.2) is 54.6 Å². The van der Waals surface area contributed by atoms with Crippen molar-refractivity contribution in [2.75, 3.05) is 39.3 Å². The Morgan fingerprint density at radius 1 is 0.828 bits per heavy atom. The molecule has 0 aromatic heterocycles. The largest absolute Gasteiger partial charge is 0.340 e. The summed E-state index contributed by atoms with van der Waals surface area (Å²) in [5.74, 6) is 0.488. The van der Waals surface area contributed by atoms with Crippen LogP contribution >= 0.6 is 11.6 Å². The molecule has 0 aliphatic carbocycles. The summed E-state index contributed by atoms with van der Waals surface area (Å²) >= 11 is 5.99. The number of piperidine rings is 1. The number of likely N-dealkylation sites (tertiary alicyclic amines) is 1. The lowest BCUT2D eigenvalue weighted by Crippen LogP contribution is -2.52. The van der Waals surface area contributed by atoms with Crippen LogP contribution < -0.4 is 0 Å². The second-order valence-electron chi connectivity index (χ2n) is 8.29. The predicted molar refractivity (Wildman–Crippen MR) is 118 cm³/mol. The highest BCUT2D eigenvalue weighted by Crippen LogP contribution is 2.22. The van der Waals surface area contributed by atoms with E-state index in [0.717, 1.165) is 70.2 Å². The molecule has 2 saturated heterocycles. The molecule has 1 amide bonds. The smallest absolute Gasteiger partial charge is 0.227 e.